The number of hydrogen-bond donors (Lipinski definition) is 1. The van der Waals surface area contributed by atoms with Crippen LogP contribution in [0.5, 0.6) is 0 Å². The van der Waals surface area contributed by atoms with E-state index in [2.05, 4.69) is 44.0 Å². The Hall–Kier alpha value is -0.450. The Bertz CT molecular complexity index is 497. The molecule has 0 fully saturated rings. The number of hydrogen-bond acceptors (Lipinski definition) is 2. The van der Waals surface area contributed by atoms with Gasteiger partial charge in [-0.1, -0.05) is 43.6 Å². The van der Waals surface area contributed by atoms with Gasteiger partial charge in [-0.05, 0) is 42.5 Å². The van der Waals surface area contributed by atoms with Crippen LogP contribution in [0.2, 0.25) is 0 Å². The lowest BCUT2D eigenvalue weighted by molar-refractivity contribution is 1.39. The van der Waals surface area contributed by atoms with Crippen molar-refractivity contribution in [2.24, 2.45) is 0 Å². The Morgan fingerprint density at radius 1 is 0.875 bits per heavy atom. The molecule has 0 spiro atoms. The molecular weight excluding hydrogens is 350 g/mol. The quantitative estimate of drug-likeness (QED) is 0.769. The van der Waals surface area contributed by atoms with Crippen molar-refractivity contribution in [1.82, 2.24) is 0 Å². The van der Waals surface area contributed by atoms with Gasteiger partial charge in [0, 0.05) is 24.4 Å². The lowest BCUT2D eigenvalue weighted by Crippen LogP contribution is -1.87. The molecule has 2 aromatic carbocycles. The van der Waals surface area contributed by atoms with Gasteiger partial charge in [0.25, 0.3) is 0 Å². The van der Waals surface area contributed by atoms with Gasteiger partial charge in [0.05, 0.1) is 0 Å². The Kier molecular flexibility index (Phi) is 3.95. The van der Waals surface area contributed by atoms with Gasteiger partial charge in [0.2, 0.25) is 0 Å². The van der Waals surface area contributed by atoms with Crippen LogP contribution in [0, 0.1) is 0 Å². The molecule has 0 heterocycles. The molecule has 0 aliphatic heterocycles. The Morgan fingerprint density at radius 2 is 1.50 bits per heavy atom. The van der Waals surface area contributed by atoms with Crippen LogP contribution < -0.4 is 5.73 Å². The number of nitrogens with two attached hydrogens (primary N) is 1. The van der Waals surface area contributed by atoms with Gasteiger partial charge < -0.3 is 5.73 Å². The number of nitrogen functional groups attached to an aromatic ring is 1. The fourth-order valence-corrected chi connectivity index (χ4v) is 2.72. The van der Waals surface area contributed by atoms with Crippen LogP contribution in [0.1, 0.15) is 0 Å². The summed E-state index contributed by atoms with van der Waals surface area (Å²) < 4.78 is 2.09. The van der Waals surface area contributed by atoms with Crippen molar-refractivity contribution in [1.29, 1.82) is 0 Å². The van der Waals surface area contributed by atoms with Gasteiger partial charge in [0.1, 0.15) is 0 Å². The zero-order valence-corrected chi connectivity index (χ0v) is 12.3. The molecule has 0 atom stereocenters. The lowest BCUT2D eigenvalue weighted by atomic mass is 10.3. The van der Waals surface area contributed by atoms with Gasteiger partial charge in [-0.3, -0.25) is 0 Å². The van der Waals surface area contributed by atoms with E-state index in [4.69, 9.17) is 5.73 Å². The first-order valence-corrected chi connectivity index (χ1v) is 7.04. The van der Waals surface area contributed by atoms with Crippen LogP contribution in [0.4, 0.5) is 5.69 Å². The van der Waals surface area contributed by atoms with E-state index in [1.54, 1.807) is 11.8 Å². The van der Waals surface area contributed by atoms with Gasteiger partial charge in [-0.15, -0.1) is 0 Å². The summed E-state index contributed by atoms with van der Waals surface area (Å²) in [5.74, 6) is 0. The smallest absolute Gasteiger partial charge is 0.0467 e. The highest BCUT2D eigenvalue weighted by Gasteiger charge is 2.02. The topological polar surface area (TPSA) is 26.0 Å². The van der Waals surface area contributed by atoms with Crippen LogP contribution in [0.15, 0.2) is 61.2 Å². The first kappa shape index (κ1) is 12.0. The van der Waals surface area contributed by atoms with Gasteiger partial charge in [-0.25, -0.2) is 0 Å². The highest BCUT2D eigenvalue weighted by atomic mass is 79.9. The second-order valence-electron chi connectivity index (χ2n) is 3.24. The molecule has 0 saturated heterocycles. The Morgan fingerprint density at radius 3 is 2.12 bits per heavy atom. The van der Waals surface area contributed by atoms with E-state index in [9.17, 15) is 0 Å². The number of benzene rings is 2. The third-order valence-electron chi connectivity index (χ3n) is 2.01. The molecule has 2 rings (SSSR count). The SMILES string of the molecule is Nc1cc(Br)ccc1Sc1ccc(Br)cc1. The molecule has 0 saturated carbocycles. The second-order valence-corrected chi connectivity index (χ2v) is 6.18. The molecule has 4 heteroatoms. The molecule has 0 aromatic heterocycles. The molecule has 0 bridgehead atoms. The van der Waals surface area contributed by atoms with Crippen molar-refractivity contribution >= 4 is 49.3 Å². The average molecular weight is 359 g/mol. The number of rotatable bonds is 2. The first-order valence-electron chi connectivity index (χ1n) is 4.63. The second kappa shape index (κ2) is 5.25. The van der Waals surface area contributed by atoms with Crippen LogP contribution in [-0.4, -0.2) is 0 Å². The van der Waals surface area contributed by atoms with Crippen molar-refractivity contribution in [3.63, 3.8) is 0 Å². The summed E-state index contributed by atoms with van der Waals surface area (Å²) in [6, 6.07) is 14.1. The van der Waals surface area contributed by atoms with Gasteiger partial charge in [-0.2, -0.15) is 0 Å². The molecule has 1 nitrogen and oxygen atoms in total. The van der Waals surface area contributed by atoms with E-state index in [0.717, 1.165) is 19.5 Å². The largest absolute Gasteiger partial charge is 0.398 e. The minimum Gasteiger partial charge on any atom is -0.398 e. The third-order valence-corrected chi connectivity index (χ3v) is 4.13. The summed E-state index contributed by atoms with van der Waals surface area (Å²) >= 11 is 8.48. The third kappa shape index (κ3) is 3.03. The van der Waals surface area contributed by atoms with Crippen LogP contribution in [-0.2, 0) is 0 Å². The summed E-state index contributed by atoms with van der Waals surface area (Å²) in [7, 11) is 0. The van der Waals surface area contributed by atoms with E-state index in [1.165, 1.54) is 4.90 Å². The van der Waals surface area contributed by atoms with E-state index < -0.39 is 0 Å². The van der Waals surface area contributed by atoms with E-state index in [0.29, 0.717) is 0 Å². The van der Waals surface area contributed by atoms with Crippen molar-refractivity contribution in [3.05, 3.63) is 51.4 Å². The zero-order valence-electron chi connectivity index (χ0n) is 8.28. The van der Waals surface area contributed by atoms with Crippen LogP contribution in [0.25, 0.3) is 0 Å². The lowest BCUT2D eigenvalue weighted by Gasteiger charge is -2.05. The molecule has 0 aliphatic carbocycles. The molecule has 82 valence electrons. The van der Waals surface area contributed by atoms with E-state index >= 15 is 0 Å². The van der Waals surface area contributed by atoms with Crippen LogP contribution >= 0.6 is 43.6 Å². The first-order chi connectivity index (χ1) is 7.65. The fourth-order valence-electron chi connectivity index (χ4n) is 1.24. The summed E-state index contributed by atoms with van der Waals surface area (Å²) in [6.07, 6.45) is 0. The molecule has 2 aromatic rings. The molecule has 16 heavy (non-hydrogen) atoms. The van der Waals surface area contributed by atoms with Crippen LogP contribution in [0.3, 0.4) is 0 Å². The number of anilines is 1. The highest BCUT2D eigenvalue weighted by molar-refractivity contribution is 9.10. The molecule has 0 amide bonds. The van der Waals surface area contributed by atoms with E-state index in [-0.39, 0.29) is 0 Å². The predicted molar refractivity (Wildman–Crippen MR) is 76.8 cm³/mol. The molecule has 0 aliphatic rings. The Balaban J connectivity index is 2.23. The van der Waals surface area contributed by atoms with Crippen molar-refractivity contribution in [3.8, 4) is 0 Å². The molecule has 2 N–H and O–H groups in total. The molecule has 0 radical (unpaired) electrons. The standard InChI is InChI=1S/C12H9Br2NS/c13-8-1-4-10(5-2-8)16-12-6-3-9(14)7-11(12)15/h1-7H,15H2. The maximum absolute atomic E-state index is 5.94. The number of halogens is 2. The summed E-state index contributed by atoms with van der Waals surface area (Å²) in [6.45, 7) is 0. The molecular formula is C12H9Br2NS. The average Bonchev–Trinajstić information content (AvgIpc) is 2.25. The highest BCUT2D eigenvalue weighted by Crippen LogP contribution is 2.33. The fraction of sp³-hybridized carbons (Fsp3) is 0. The van der Waals surface area contributed by atoms with Gasteiger partial charge >= 0.3 is 0 Å². The normalized spacial score (nSPS) is 10.4. The van der Waals surface area contributed by atoms with Crippen molar-refractivity contribution in [2.45, 2.75) is 9.79 Å². The van der Waals surface area contributed by atoms with Crippen molar-refractivity contribution < 1.29 is 0 Å². The maximum atomic E-state index is 5.94. The predicted octanol–water partition coefficient (Wildman–Crippen LogP) is 4.95. The zero-order chi connectivity index (χ0) is 11.5. The minimum absolute atomic E-state index is 0.794. The van der Waals surface area contributed by atoms with E-state index in [1.807, 2.05) is 30.3 Å². The van der Waals surface area contributed by atoms with Gasteiger partial charge in [0.15, 0.2) is 0 Å². The minimum atomic E-state index is 0.794. The summed E-state index contributed by atoms with van der Waals surface area (Å²) in [4.78, 5) is 2.25. The van der Waals surface area contributed by atoms with Crippen molar-refractivity contribution in [2.75, 3.05) is 5.73 Å². The monoisotopic (exact) mass is 357 g/mol. The maximum Gasteiger partial charge on any atom is 0.0467 e. The summed E-state index contributed by atoms with van der Waals surface area (Å²) in [5.41, 5.74) is 6.73. The molecule has 0 unspecified atom stereocenters. The summed E-state index contributed by atoms with van der Waals surface area (Å²) in [5, 5.41) is 0. The Labute approximate surface area is 116 Å².